The van der Waals surface area contributed by atoms with Crippen LogP contribution in [0.2, 0.25) is 5.02 Å². The van der Waals surface area contributed by atoms with Crippen molar-refractivity contribution in [2.75, 3.05) is 6.61 Å². The van der Waals surface area contributed by atoms with Crippen LogP contribution in [0.4, 0.5) is 0 Å². The number of hydrogen-bond donors (Lipinski definition) is 1. The highest BCUT2D eigenvalue weighted by molar-refractivity contribution is 6.30. The number of halogens is 1. The van der Waals surface area contributed by atoms with Crippen molar-refractivity contribution in [3.8, 4) is 0 Å². The molecule has 1 rings (SSSR count). The van der Waals surface area contributed by atoms with Gasteiger partial charge in [0.15, 0.2) is 0 Å². The lowest BCUT2D eigenvalue weighted by atomic mass is 10.0. The van der Waals surface area contributed by atoms with Crippen LogP contribution < -0.4 is 5.73 Å². The van der Waals surface area contributed by atoms with Crippen LogP contribution >= 0.6 is 11.6 Å². The molecule has 0 saturated heterocycles. The first kappa shape index (κ1) is 17.5. The Balaban J connectivity index is 2.49. The third-order valence-electron chi connectivity index (χ3n) is 3.58. The third-order valence-corrected chi connectivity index (χ3v) is 3.82. The molecule has 3 heteroatoms. The molecule has 0 saturated carbocycles. The fraction of sp³-hybridized carbons (Fsp3) is 0.647. The minimum atomic E-state index is -0.0510. The summed E-state index contributed by atoms with van der Waals surface area (Å²) in [6, 6.07) is 7.85. The number of rotatable bonds is 10. The van der Waals surface area contributed by atoms with E-state index in [4.69, 9.17) is 22.1 Å². The maximum absolute atomic E-state index is 6.19. The van der Waals surface area contributed by atoms with Gasteiger partial charge in [-0.25, -0.2) is 0 Å². The van der Waals surface area contributed by atoms with E-state index in [9.17, 15) is 0 Å². The summed E-state index contributed by atoms with van der Waals surface area (Å²) in [6.07, 6.45) is 7.06. The lowest BCUT2D eigenvalue weighted by molar-refractivity contribution is 0.0311. The largest absolute Gasteiger partial charge is 0.372 e. The monoisotopic (exact) mass is 297 g/mol. The van der Waals surface area contributed by atoms with Crippen molar-refractivity contribution in [3.63, 3.8) is 0 Å². The Labute approximate surface area is 128 Å². The molecule has 2 unspecified atom stereocenters. The van der Waals surface area contributed by atoms with Gasteiger partial charge in [0.25, 0.3) is 0 Å². The normalized spacial score (nSPS) is 14.2. The lowest BCUT2D eigenvalue weighted by Crippen LogP contribution is -2.29. The Kier molecular flexibility index (Phi) is 8.92. The van der Waals surface area contributed by atoms with Crippen molar-refractivity contribution in [2.45, 2.75) is 64.5 Å². The van der Waals surface area contributed by atoms with Gasteiger partial charge >= 0.3 is 0 Å². The second-order valence-electron chi connectivity index (χ2n) is 5.33. The van der Waals surface area contributed by atoms with E-state index in [2.05, 4.69) is 13.8 Å². The molecule has 0 aliphatic rings. The summed E-state index contributed by atoms with van der Waals surface area (Å²) in [5.74, 6) is 0. The van der Waals surface area contributed by atoms with Gasteiger partial charge in [0, 0.05) is 17.7 Å². The SMILES string of the molecule is CCCCCCCOC(c1cccc(Cl)c1)C(N)CC. The maximum Gasteiger partial charge on any atom is 0.0976 e. The van der Waals surface area contributed by atoms with Crippen LogP contribution in [-0.4, -0.2) is 12.6 Å². The van der Waals surface area contributed by atoms with Crippen molar-refractivity contribution in [1.29, 1.82) is 0 Å². The van der Waals surface area contributed by atoms with Gasteiger partial charge in [-0.2, -0.15) is 0 Å². The predicted molar refractivity (Wildman–Crippen MR) is 87.2 cm³/mol. The van der Waals surface area contributed by atoms with E-state index in [0.29, 0.717) is 0 Å². The highest BCUT2D eigenvalue weighted by atomic mass is 35.5. The van der Waals surface area contributed by atoms with E-state index >= 15 is 0 Å². The van der Waals surface area contributed by atoms with E-state index in [1.54, 1.807) is 0 Å². The summed E-state index contributed by atoms with van der Waals surface area (Å²) in [5, 5.41) is 0.738. The summed E-state index contributed by atoms with van der Waals surface area (Å²) < 4.78 is 6.03. The molecule has 0 radical (unpaired) electrons. The zero-order valence-electron chi connectivity index (χ0n) is 12.8. The second-order valence-corrected chi connectivity index (χ2v) is 5.77. The molecule has 1 aromatic carbocycles. The Morgan fingerprint density at radius 2 is 1.90 bits per heavy atom. The zero-order valence-corrected chi connectivity index (χ0v) is 13.5. The van der Waals surface area contributed by atoms with Gasteiger partial charge < -0.3 is 10.5 Å². The van der Waals surface area contributed by atoms with Gasteiger partial charge in [-0.3, -0.25) is 0 Å². The molecule has 0 amide bonds. The highest BCUT2D eigenvalue weighted by Gasteiger charge is 2.19. The molecular formula is C17H28ClNO. The van der Waals surface area contributed by atoms with Gasteiger partial charge in [-0.05, 0) is 30.5 Å². The minimum absolute atomic E-state index is 0.0177. The van der Waals surface area contributed by atoms with Crippen LogP contribution in [0.1, 0.15) is 64.0 Å². The van der Waals surface area contributed by atoms with E-state index in [1.165, 1.54) is 25.7 Å². The van der Waals surface area contributed by atoms with E-state index < -0.39 is 0 Å². The van der Waals surface area contributed by atoms with Gasteiger partial charge in [0.2, 0.25) is 0 Å². The Morgan fingerprint density at radius 3 is 2.55 bits per heavy atom. The van der Waals surface area contributed by atoms with Crippen LogP contribution in [0.3, 0.4) is 0 Å². The molecule has 0 aliphatic heterocycles. The molecular weight excluding hydrogens is 270 g/mol. The number of benzene rings is 1. The third kappa shape index (κ3) is 6.25. The molecule has 0 bridgehead atoms. The first-order valence-corrected chi connectivity index (χ1v) is 8.19. The van der Waals surface area contributed by atoms with Gasteiger partial charge in [0.1, 0.15) is 0 Å². The van der Waals surface area contributed by atoms with Gasteiger partial charge in [-0.15, -0.1) is 0 Å². The smallest absolute Gasteiger partial charge is 0.0976 e. The maximum atomic E-state index is 6.19. The number of nitrogens with two attached hydrogens (primary N) is 1. The first-order chi connectivity index (χ1) is 9.69. The summed E-state index contributed by atoms with van der Waals surface area (Å²) in [6.45, 7) is 5.09. The zero-order chi connectivity index (χ0) is 14.8. The van der Waals surface area contributed by atoms with E-state index in [0.717, 1.165) is 30.0 Å². The molecule has 20 heavy (non-hydrogen) atoms. The fourth-order valence-electron chi connectivity index (χ4n) is 2.28. The van der Waals surface area contributed by atoms with Crippen molar-refractivity contribution in [1.82, 2.24) is 0 Å². The molecule has 0 spiro atoms. The van der Waals surface area contributed by atoms with Crippen LogP contribution in [0, 0.1) is 0 Å². The Bertz CT molecular complexity index is 370. The summed E-state index contributed by atoms with van der Waals surface area (Å²) >= 11 is 6.06. The quantitative estimate of drug-likeness (QED) is 0.609. The second kappa shape index (κ2) is 10.2. The van der Waals surface area contributed by atoms with Crippen molar-refractivity contribution in [3.05, 3.63) is 34.9 Å². The number of hydrogen-bond acceptors (Lipinski definition) is 2. The molecule has 0 heterocycles. The Morgan fingerprint density at radius 1 is 1.15 bits per heavy atom. The summed E-state index contributed by atoms with van der Waals surface area (Å²) in [7, 11) is 0. The molecule has 114 valence electrons. The average molecular weight is 298 g/mol. The molecule has 2 atom stereocenters. The first-order valence-electron chi connectivity index (χ1n) is 7.81. The van der Waals surface area contributed by atoms with Crippen LogP contribution in [0.5, 0.6) is 0 Å². The van der Waals surface area contributed by atoms with Gasteiger partial charge in [0.05, 0.1) is 6.10 Å². The van der Waals surface area contributed by atoms with Crippen molar-refractivity contribution < 1.29 is 4.74 Å². The molecule has 0 fully saturated rings. The molecule has 0 aromatic heterocycles. The predicted octanol–water partition coefficient (Wildman–Crippen LogP) is 5.11. The minimum Gasteiger partial charge on any atom is -0.372 e. The average Bonchev–Trinajstić information content (AvgIpc) is 2.46. The van der Waals surface area contributed by atoms with Gasteiger partial charge in [-0.1, -0.05) is 63.3 Å². The summed E-state index contributed by atoms with van der Waals surface area (Å²) in [4.78, 5) is 0. The summed E-state index contributed by atoms with van der Waals surface area (Å²) in [5.41, 5.74) is 7.28. The highest BCUT2D eigenvalue weighted by Crippen LogP contribution is 2.25. The lowest BCUT2D eigenvalue weighted by Gasteiger charge is -2.24. The van der Waals surface area contributed by atoms with Crippen molar-refractivity contribution >= 4 is 11.6 Å². The number of ether oxygens (including phenoxy) is 1. The Hall–Kier alpha value is -0.570. The topological polar surface area (TPSA) is 35.2 Å². The van der Waals surface area contributed by atoms with Crippen molar-refractivity contribution in [2.24, 2.45) is 5.73 Å². The standard InChI is InChI=1S/C17H28ClNO/c1-3-5-6-7-8-12-20-17(16(19)4-2)14-10-9-11-15(18)13-14/h9-11,13,16-17H,3-8,12,19H2,1-2H3. The fourth-order valence-corrected chi connectivity index (χ4v) is 2.48. The molecule has 2 N–H and O–H groups in total. The molecule has 1 aromatic rings. The van der Waals surface area contributed by atoms with Crippen LogP contribution in [0.15, 0.2) is 24.3 Å². The molecule has 2 nitrogen and oxygen atoms in total. The van der Waals surface area contributed by atoms with E-state index in [1.807, 2.05) is 24.3 Å². The van der Waals surface area contributed by atoms with E-state index in [-0.39, 0.29) is 12.1 Å². The number of unbranched alkanes of at least 4 members (excludes halogenated alkanes) is 4. The van der Waals surface area contributed by atoms with Crippen LogP contribution in [0.25, 0.3) is 0 Å². The molecule has 0 aliphatic carbocycles. The van der Waals surface area contributed by atoms with Crippen LogP contribution in [-0.2, 0) is 4.74 Å².